The first-order chi connectivity index (χ1) is 10.6. The number of rotatable bonds is 2. The maximum atomic E-state index is 12.5. The Morgan fingerprint density at radius 1 is 1.14 bits per heavy atom. The van der Waals surface area contributed by atoms with E-state index in [9.17, 15) is 15.0 Å². The largest absolute Gasteiger partial charge is 0.390 e. The SMILES string of the molecule is O=C(N[C@H]1C[C@H]2[C@H](O)[C@H](O)C[C@H]21)c1nccc2cccnc12. The highest BCUT2D eigenvalue weighted by Crippen LogP contribution is 2.47. The van der Waals surface area contributed by atoms with Gasteiger partial charge in [-0.1, -0.05) is 6.07 Å². The Morgan fingerprint density at radius 2 is 2.00 bits per heavy atom. The quantitative estimate of drug-likeness (QED) is 0.750. The van der Waals surface area contributed by atoms with Gasteiger partial charge in [0, 0.05) is 23.8 Å². The van der Waals surface area contributed by atoms with Crippen LogP contribution in [0.15, 0.2) is 30.6 Å². The van der Waals surface area contributed by atoms with Crippen molar-refractivity contribution in [1.29, 1.82) is 0 Å². The van der Waals surface area contributed by atoms with Crippen LogP contribution in [0, 0.1) is 11.8 Å². The number of carbonyl (C=O) groups is 1. The number of aliphatic hydroxyl groups is 2. The molecule has 2 fully saturated rings. The topological polar surface area (TPSA) is 95.3 Å². The third-order valence-corrected chi connectivity index (χ3v) is 4.99. The number of pyridine rings is 2. The summed E-state index contributed by atoms with van der Waals surface area (Å²) in [4.78, 5) is 20.9. The second-order valence-corrected chi connectivity index (χ2v) is 6.17. The molecule has 0 unspecified atom stereocenters. The average Bonchev–Trinajstić information content (AvgIpc) is 2.75. The highest BCUT2D eigenvalue weighted by Gasteiger charge is 2.53. The molecule has 0 aliphatic heterocycles. The standard InChI is InChI=1S/C16H17N3O3/c20-12-7-9-10(15(12)21)6-11(9)19-16(22)14-13-8(3-5-18-14)2-1-4-17-13/h1-5,9-12,15,20-21H,6-7H2,(H,19,22)/t9-,10-,11+,12-,15+/m1/s1. The van der Waals surface area contributed by atoms with E-state index in [1.807, 2.05) is 18.2 Å². The minimum absolute atomic E-state index is 0.00920. The number of hydrogen-bond acceptors (Lipinski definition) is 5. The highest BCUT2D eigenvalue weighted by atomic mass is 16.3. The molecular weight excluding hydrogens is 282 g/mol. The molecule has 2 aliphatic rings. The van der Waals surface area contributed by atoms with Crippen LogP contribution in [0.3, 0.4) is 0 Å². The van der Waals surface area contributed by atoms with Gasteiger partial charge in [0.05, 0.1) is 12.2 Å². The fourth-order valence-corrected chi connectivity index (χ4v) is 3.75. The summed E-state index contributed by atoms with van der Waals surface area (Å²) in [6.45, 7) is 0. The van der Waals surface area contributed by atoms with Crippen molar-refractivity contribution in [3.05, 3.63) is 36.3 Å². The van der Waals surface area contributed by atoms with E-state index < -0.39 is 12.2 Å². The van der Waals surface area contributed by atoms with Gasteiger partial charge in [-0.3, -0.25) is 9.78 Å². The molecule has 4 rings (SSSR count). The summed E-state index contributed by atoms with van der Waals surface area (Å²) in [5.74, 6) is -0.000540. The summed E-state index contributed by atoms with van der Waals surface area (Å²) in [5, 5.41) is 23.4. The summed E-state index contributed by atoms with van der Waals surface area (Å²) < 4.78 is 0. The summed E-state index contributed by atoms with van der Waals surface area (Å²) in [5.41, 5.74) is 0.908. The van der Waals surface area contributed by atoms with Gasteiger partial charge in [-0.25, -0.2) is 4.98 Å². The number of aliphatic hydroxyl groups excluding tert-OH is 2. The molecule has 2 heterocycles. The van der Waals surface area contributed by atoms with Crippen molar-refractivity contribution in [2.75, 3.05) is 0 Å². The molecule has 0 saturated heterocycles. The minimum atomic E-state index is -0.672. The van der Waals surface area contributed by atoms with Crippen molar-refractivity contribution in [2.45, 2.75) is 31.1 Å². The fraction of sp³-hybridized carbons (Fsp3) is 0.438. The van der Waals surface area contributed by atoms with E-state index in [0.717, 1.165) is 5.39 Å². The Morgan fingerprint density at radius 3 is 2.82 bits per heavy atom. The van der Waals surface area contributed by atoms with Crippen LogP contribution < -0.4 is 5.32 Å². The summed E-state index contributed by atoms with van der Waals surface area (Å²) in [7, 11) is 0. The lowest BCUT2D eigenvalue weighted by Crippen LogP contribution is -2.52. The second-order valence-electron chi connectivity index (χ2n) is 6.17. The van der Waals surface area contributed by atoms with Crippen LogP contribution in [0.5, 0.6) is 0 Å². The van der Waals surface area contributed by atoms with Crippen molar-refractivity contribution < 1.29 is 15.0 Å². The Hall–Kier alpha value is -2.05. The van der Waals surface area contributed by atoms with Gasteiger partial charge in [-0.2, -0.15) is 0 Å². The smallest absolute Gasteiger partial charge is 0.272 e. The van der Waals surface area contributed by atoms with Gasteiger partial charge >= 0.3 is 0 Å². The molecule has 1 amide bonds. The van der Waals surface area contributed by atoms with Crippen molar-refractivity contribution in [1.82, 2.24) is 15.3 Å². The monoisotopic (exact) mass is 299 g/mol. The Bertz CT molecular complexity index is 730. The number of amides is 1. The van der Waals surface area contributed by atoms with E-state index in [2.05, 4.69) is 15.3 Å². The Kier molecular flexibility index (Phi) is 3.09. The molecule has 2 aromatic heterocycles. The molecule has 2 saturated carbocycles. The van der Waals surface area contributed by atoms with Crippen LogP contribution in [-0.2, 0) is 0 Å². The van der Waals surface area contributed by atoms with Crippen molar-refractivity contribution in [3.8, 4) is 0 Å². The average molecular weight is 299 g/mol. The first-order valence-corrected chi connectivity index (χ1v) is 7.52. The number of nitrogens with one attached hydrogen (secondary N) is 1. The van der Waals surface area contributed by atoms with Crippen molar-refractivity contribution in [3.63, 3.8) is 0 Å². The zero-order valence-corrected chi connectivity index (χ0v) is 11.9. The van der Waals surface area contributed by atoms with E-state index in [1.165, 1.54) is 0 Å². The number of carbonyl (C=O) groups excluding carboxylic acids is 1. The second kappa shape index (κ2) is 5.00. The third-order valence-electron chi connectivity index (χ3n) is 4.99. The van der Waals surface area contributed by atoms with Crippen LogP contribution in [0.25, 0.3) is 10.9 Å². The number of fused-ring (bicyclic) bond motifs is 2. The predicted molar refractivity (Wildman–Crippen MR) is 79.0 cm³/mol. The molecular formula is C16H17N3O3. The summed E-state index contributed by atoms with van der Waals surface area (Å²) in [6, 6.07) is 5.53. The normalized spacial score (nSPS) is 33.3. The molecule has 0 radical (unpaired) electrons. The lowest BCUT2D eigenvalue weighted by molar-refractivity contribution is -0.00459. The van der Waals surface area contributed by atoms with Gasteiger partial charge in [0.1, 0.15) is 5.52 Å². The van der Waals surface area contributed by atoms with E-state index in [1.54, 1.807) is 12.4 Å². The van der Waals surface area contributed by atoms with Gasteiger partial charge < -0.3 is 15.5 Å². The molecule has 6 nitrogen and oxygen atoms in total. The van der Waals surface area contributed by atoms with Gasteiger partial charge in [0.2, 0.25) is 0 Å². The number of hydrogen-bond donors (Lipinski definition) is 3. The van der Waals surface area contributed by atoms with Crippen LogP contribution in [-0.4, -0.2) is 44.3 Å². The first-order valence-electron chi connectivity index (χ1n) is 7.52. The van der Waals surface area contributed by atoms with Crippen LogP contribution in [0.1, 0.15) is 23.3 Å². The molecule has 22 heavy (non-hydrogen) atoms. The predicted octanol–water partition coefficient (Wildman–Crippen LogP) is 0.490. The lowest BCUT2D eigenvalue weighted by Gasteiger charge is -2.41. The highest BCUT2D eigenvalue weighted by molar-refractivity contribution is 6.03. The number of nitrogens with zero attached hydrogens (tertiary/aromatic N) is 2. The van der Waals surface area contributed by atoms with E-state index in [0.29, 0.717) is 24.1 Å². The molecule has 2 aliphatic carbocycles. The lowest BCUT2D eigenvalue weighted by atomic mass is 9.71. The molecule has 3 N–H and O–H groups in total. The third kappa shape index (κ3) is 1.99. The molecule has 0 spiro atoms. The van der Waals surface area contributed by atoms with Crippen molar-refractivity contribution >= 4 is 16.8 Å². The van der Waals surface area contributed by atoms with Crippen LogP contribution >= 0.6 is 0 Å². The first kappa shape index (κ1) is 13.6. The van der Waals surface area contributed by atoms with Gasteiger partial charge in [-0.15, -0.1) is 0 Å². The van der Waals surface area contributed by atoms with E-state index in [4.69, 9.17) is 0 Å². The van der Waals surface area contributed by atoms with Gasteiger partial charge in [0.15, 0.2) is 5.69 Å². The van der Waals surface area contributed by atoms with Crippen LogP contribution in [0.2, 0.25) is 0 Å². The Balaban J connectivity index is 1.53. The van der Waals surface area contributed by atoms with Crippen LogP contribution in [0.4, 0.5) is 0 Å². The minimum Gasteiger partial charge on any atom is -0.390 e. The molecule has 5 atom stereocenters. The van der Waals surface area contributed by atoms with E-state index in [-0.39, 0.29) is 23.8 Å². The molecule has 6 heteroatoms. The molecule has 0 bridgehead atoms. The zero-order valence-electron chi connectivity index (χ0n) is 11.9. The zero-order chi connectivity index (χ0) is 15.3. The van der Waals surface area contributed by atoms with Crippen molar-refractivity contribution in [2.24, 2.45) is 11.8 Å². The summed E-state index contributed by atoms with van der Waals surface area (Å²) >= 11 is 0. The Labute approximate surface area is 127 Å². The maximum Gasteiger partial charge on any atom is 0.272 e. The van der Waals surface area contributed by atoms with Gasteiger partial charge in [-0.05, 0) is 36.8 Å². The van der Waals surface area contributed by atoms with E-state index >= 15 is 0 Å². The van der Waals surface area contributed by atoms with Gasteiger partial charge in [0.25, 0.3) is 5.91 Å². The molecule has 0 aromatic carbocycles. The maximum absolute atomic E-state index is 12.5. The fourth-order valence-electron chi connectivity index (χ4n) is 3.75. The number of aromatic nitrogens is 2. The summed E-state index contributed by atoms with van der Waals surface area (Å²) in [6.07, 6.45) is 3.16. The molecule has 2 aromatic rings. The molecule has 114 valence electrons.